The second-order valence-corrected chi connectivity index (χ2v) is 5.23. The van der Waals surface area contributed by atoms with Gasteiger partial charge in [0.15, 0.2) is 0 Å². The molecule has 0 aromatic heterocycles. The van der Waals surface area contributed by atoms with Gasteiger partial charge in [0.05, 0.1) is 6.61 Å². The van der Waals surface area contributed by atoms with Gasteiger partial charge in [-0.15, -0.1) is 0 Å². The average Bonchev–Trinajstić information content (AvgIpc) is 2.49. The van der Waals surface area contributed by atoms with Crippen molar-refractivity contribution in [2.45, 2.75) is 52.6 Å². The molecule has 1 aromatic rings. The van der Waals surface area contributed by atoms with Gasteiger partial charge in [0.25, 0.3) is 0 Å². The summed E-state index contributed by atoms with van der Waals surface area (Å²) in [5.74, 6) is 0. The van der Waals surface area contributed by atoms with Crippen molar-refractivity contribution >= 4 is 5.69 Å². The summed E-state index contributed by atoms with van der Waals surface area (Å²) >= 11 is 0. The number of nitrogens with zero attached hydrogens (tertiary/aromatic N) is 1. The molecule has 1 rings (SSSR count). The molecule has 3 nitrogen and oxygen atoms in total. The van der Waals surface area contributed by atoms with Crippen LogP contribution in [0.15, 0.2) is 24.3 Å². The van der Waals surface area contributed by atoms with E-state index in [1.165, 1.54) is 11.3 Å². The summed E-state index contributed by atoms with van der Waals surface area (Å²) in [6.45, 7) is 9.50. The smallest absolute Gasteiger partial charge is 0.0606 e. The monoisotopic (exact) mass is 278 g/mol. The van der Waals surface area contributed by atoms with E-state index in [9.17, 15) is 5.11 Å². The number of anilines is 1. The van der Waals surface area contributed by atoms with Crippen LogP contribution in [0.5, 0.6) is 0 Å². The minimum Gasteiger partial charge on any atom is -0.395 e. The second-order valence-electron chi connectivity index (χ2n) is 5.23. The lowest BCUT2D eigenvalue weighted by Crippen LogP contribution is -2.36. The molecule has 2 N–H and O–H groups in total. The lowest BCUT2D eigenvalue weighted by atomic mass is 10.1. The highest BCUT2D eigenvalue weighted by atomic mass is 16.3. The first-order valence-electron chi connectivity index (χ1n) is 7.93. The molecule has 0 aliphatic heterocycles. The molecule has 0 unspecified atom stereocenters. The number of hydrogen-bond acceptors (Lipinski definition) is 3. The van der Waals surface area contributed by atoms with Gasteiger partial charge in [-0.25, -0.2) is 0 Å². The Morgan fingerprint density at radius 1 is 1.10 bits per heavy atom. The Balaban J connectivity index is 2.71. The van der Waals surface area contributed by atoms with Gasteiger partial charge in [0.1, 0.15) is 0 Å². The summed E-state index contributed by atoms with van der Waals surface area (Å²) < 4.78 is 0. The van der Waals surface area contributed by atoms with Crippen molar-refractivity contribution in [1.29, 1.82) is 0 Å². The fourth-order valence-electron chi connectivity index (χ4n) is 2.57. The Kier molecular flexibility index (Phi) is 8.31. The maximum atomic E-state index is 9.28. The van der Waals surface area contributed by atoms with E-state index in [1.54, 1.807) is 0 Å². The standard InChI is InChI=1S/C17H30N2O/c1-4-11-18-14-15-7-9-17(10-8-15)19(12-13-20)16(5-2)6-3/h7-10,16,18,20H,4-6,11-14H2,1-3H3. The molecule has 20 heavy (non-hydrogen) atoms. The summed E-state index contributed by atoms with van der Waals surface area (Å²) in [5, 5.41) is 12.7. The zero-order valence-corrected chi connectivity index (χ0v) is 13.2. The fraction of sp³-hybridized carbons (Fsp3) is 0.647. The minimum atomic E-state index is 0.205. The summed E-state index contributed by atoms with van der Waals surface area (Å²) in [7, 11) is 0. The molecular formula is C17H30N2O. The Morgan fingerprint density at radius 2 is 1.75 bits per heavy atom. The Labute approximate surface area is 124 Å². The molecule has 0 fully saturated rings. The molecule has 0 spiro atoms. The number of rotatable bonds is 10. The van der Waals surface area contributed by atoms with Crippen LogP contribution in [0.3, 0.4) is 0 Å². The first-order valence-corrected chi connectivity index (χ1v) is 7.93. The predicted molar refractivity (Wildman–Crippen MR) is 87.2 cm³/mol. The lowest BCUT2D eigenvalue weighted by Gasteiger charge is -2.32. The Bertz CT molecular complexity index is 347. The molecule has 0 radical (unpaired) electrons. The molecule has 0 atom stereocenters. The zero-order valence-electron chi connectivity index (χ0n) is 13.2. The van der Waals surface area contributed by atoms with Crippen LogP contribution < -0.4 is 10.2 Å². The third kappa shape index (κ3) is 5.14. The average molecular weight is 278 g/mol. The largest absolute Gasteiger partial charge is 0.395 e. The first kappa shape index (κ1) is 17.0. The van der Waals surface area contributed by atoms with Crippen molar-refractivity contribution in [2.24, 2.45) is 0 Å². The molecule has 114 valence electrons. The van der Waals surface area contributed by atoms with Crippen LogP contribution in [0.4, 0.5) is 5.69 Å². The van der Waals surface area contributed by atoms with Gasteiger partial charge in [-0.2, -0.15) is 0 Å². The van der Waals surface area contributed by atoms with E-state index >= 15 is 0 Å². The molecule has 0 aliphatic carbocycles. The van der Waals surface area contributed by atoms with E-state index in [0.29, 0.717) is 12.6 Å². The van der Waals surface area contributed by atoms with Crippen molar-refractivity contribution in [3.8, 4) is 0 Å². The molecule has 3 heteroatoms. The minimum absolute atomic E-state index is 0.205. The summed E-state index contributed by atoms with van der Waals surface area (Å²) in [5.41, 5.74) is 2.53. The molecule has 0 amide bonds. The van der Waals surface area contributed by atoms with Crippen molar-refractivity contribution in [2.75, 3.05) is 24.6 Å². The highest BCUT2D eigenvalue weighted by molar-refractivity contribution is 5.48. The summed E-state index contributed by atoms with van der Waals surface area (Å²) in [4.78, 5) is 2.32. The number of aliphatic hydroxyl groups excluding tert-OH is 1. The number of benzene rings is 1. The molecule has 0 bridgehead atoms. The van der Waals surface area contributed by atoms with Gasteiger partial charge in [0.2, 0.25) is 0 Å². The van der Waals surface area contributed by atoms with Crippen LogP contribution in [0.2, 0.25) is 0 Å². The maximum Gasteiger partial charge on any atom is 0.0606 e. The predicted octanol–water partition coefficient (Wildman–Crippen LogP) is 3.17. The summed E-state index contributed by atoms with van der Waals surface area (Å²) in [6, 6.07) is 9.23. The van der Waals surface area contributed by atoms with Crippen molar-refractivity contribution in [3.05, 3.63) is 29.8 Å². The Morgan fingerprint density at radius 3 is 2.25 bits per heavy atom. The van der Waals surface area contributed by atoms with Crippen molar-refractivity contribution in [1.82, 2.24) is 5.32 Å². The molecule has 0 heterocycles. The quantitative estimate of drug-likeness (QED) is 0.645. The number of hydrogen-bond donors (Lipinski definition) is 2. The topological polar surface area (TPSA) is 35.5 Å². The fourth-order valence-corrected chi connectivity index (χ4v) is 2.57. The van der Waals surface area contributed by atoms with Gasteiger partial charge >= 0.3 is 0 Å². The van der Waals surface area contributed by atoms with E-state index in [2.05, 4.69) is 55.3 Å². The van der Waals surface area contributed by atoms with Gasteiger partial charge in [-0.3, -0.25) is 0 Å². The van der Waals surface area contributed by atoms with E-state index in [0.717, 1.165) is 32.4 Å². The highest BCUT2D eigenvalue weighted by Crippen LogP contribution is 2.21. The third-order valence-corrected chi connectivity index (χ3v) is 3.75. The van der Waals surface area contributed by atoms with Crippen LogP contribution in [-0.2, 0) is 6.54 Å². The maximum absolute atomic E-state index is 9.28. The number of nitrogens with one attached hydrogen (secondary N) is 1. The second kappa shape index (κ2) is 9.78. The van der Waals surface area contributed by atoms with E-state index < -0.39 is 0 Å². The number of aliphatic hydroxyl groups is 1. The van der Waals surface area contributed by atoms with Crippen LogP contribution >= 0.6 is 0 Å². The summed E-state index contributed by atoms with van der Waals surface area (Å²) in [6.07, 6.45) is 3.38. The van der Waals surface area contributed by atoms with Crippen LogP contribution in [0.25, 0.3) is 0 Å². The first-order chi connectivity index (χ1) is 9.76. The van der Waals surface area contributed by atoms with Gasteiger partial charge in [0, 0.05) is 24.8 Å². The SMILES string of the molecule is CCCNCc1ccc(N(CCO)C(CC)CC)cc1. The van der Waals surface area contributed by atoms with Crippen LogP contribution in [0, 0.1) is 0 Å². The van der Waals surface area contributed by atoms with E-state index in [-0.39, 0.29) is 6.61 Å². The third-order valence-electron chi connectivity index (χ3n) is 3.75. The van der Waals surface area contributed by atoms with E-state index in [1.807, 2.05) is 0 Å². The van der Waals surface area contributed by atoms with Crippen LogP contribution in [-0.4, -0.2) is 30.8 Å². The van der Waals surface area contributed by atoms with Gasteiger partial charge in [-0.05, 0) is 43.5 Å². The molecular weight excluding hydrogens is 248 g/mol. The van der Waals surface area contributed by atoms with Crippen molar-refractivity contribution in [3.63, 3.8) is 0 Å². The lowest BCUT2D eigenvalue weighted by molar-refractivity contribution is 0.296. The van der Waals surface area contributed by atoms with Gasteiger partial charge < -0.3 is 15.3 Å². The molecule has 0 saturated heterocycles. The highest BCUT2D eigenvalue weighted by Gasteiger charge is 2.14. The van der Waals surface area contributed by atoms with Gasteiger partial charge in [-0.1, -0.05) is 32.9 Å². The molecule has 1 aromatic carbocycles. The molecule has 0 saturated carbocycles. The zero-order chi connectivity index (χ0) is 14.8. The molecule has 0 aliphatic rings. The Hall–Kier alpha value is -1.06. The van der Waals surface area contributed by atoms with Crippen LogP contribution in [0.1, 0.15) is 45.6 Å². The van der Waals surface area contributed by atoms with Crippen molar-refractivity contribution < 1.29 is 5.11 Å². The normalized spacial score (nSPS) is 11.1. The van der Waals surface area contributed by atoms with E-state index in [4.69, 9.17) is 0 Å².